The van der Waals surface area contributed by atoms with Gasteiger partial charge in [0.15, 0.2) is 0 Å². The maximum Gasteiger partial charge on any atom is 0.0585 e. The number of hydrogen-bond acceptors (Lipinski definition) is 1. The van der Waals surface area contributed by atoms with Crippen LogP contribution in [0.3, 0.4) is 0 Å². The Morgan fingerprint density at radius 3 is 2.29 bits per heavy atom. The summed E-state index contributed by atoms with van der Waals surface area (Å²) < 4.78 is 5.81. The van der Waals surface area contributed by atoms with Crippen molar-refractivity contribution >= 4 is 23.2 Å². The molecule has 1 aliphatic rings. The molecule has 0 amide bonds. The Labute approximate surface area is 97.1 Å². The van der Waals surface area contributed by atoms with Gasteiger partial charge in [-0.3, -0.25) is 0 Å². The first-order chi connectivity index (χ1) is 6.65. The summed E-state index contributed by atoms with van der Waals surface area (Å²) in [5.41, 5.74) is 0.0812. The first-order valence-electron chi connectivity index (χ1n) is 5.43. The van der Waals surface area contributed by atoms with E-state index >= 15 is 0 Å². The molecule has 0 N–H and O–H groups in total. The lowest BCUT2D eigenvalue weighted by molar-refractivity contribution is 0.0291. The number of hydrogen-bond donors (Lipinski definition) is 0. The molecular weight excluding hydrogens is 219 g/mol. The van der Waals surface area contributed by atoms with E-state index in [1.807, 2.05) is 0 Å². The smallest absolute Gasteiger partial charge is 0.0585 e. The van der Waals surface area contributed by atoms with Gasteiger partial charge in [0.1, 0.15) is 0 Å². The minimum Gasteiger partial charge on any atom is -0.375 e. The second-order valence-corrected chi connectivity index (χ2v) is 5.01. The molecule has 1 rings (SSSR count). The zero-order valence-electron chi connectivity index (χ0n) is 9.06. The van der Waals surface area contributed by atoms with Gasteiger partial charge >= 0.3 is 0 Å². The fraction of sp³-hybridized carbons (Fsp3) is 1.00. The average Bonchev–Trinajstić information content (AvgIpc) is 2.61. The van der Waals surface area contributed by atoms with Crippen molar-refractivity contribution in [3.63, 3.8) is 0 Å². The van der Waals surface area contributed by atoms with Crippen molar-refractivity contribution in [3.8, 4) is 0 Å². The van der Waals surface area contributed by atoms with Crippen LogP contribution < -0.4 is 0 Å². The number of alkyl halides is 2. The van der Waals surface area contributed by atoms with Gasteiger partial charge in [-0.05, 0) is 38.0 Å². The highest BCUT2D eigenvalue weighted by Gasteiger charge is 2.33. The molecule has 2 unspecified atom stereocenters. The molecule has 14 heavy (non-hydrogen) atoms. The largest absolute Gasteiger partial charge is 0.375 e. The summed E-state index contributed by atoms with van der Waals surface area (Å²) in [7, 11) is 0. The number of ether oxygens (including phenoxy) is 1. The predicted molar refractivity (Wildman–Crippen MR) is 62.4 cm³/mol. The Kier molecular flexibility index (Phi) is 5.02. The second kappa shape index (κ2) is 5.58. The molecule has 0 aromatic rings. The highest BCUT2D eigenvalue weighted by molar-refractivity contribution is 6.21. The van der Waals surface area contributed by atoms with E-state index in [4.69, 9.17) is 27.9 Å². The summed E-state index contributed by atoms with van der Waals surface area (Å²) in [6.45, 7) is 4.29. The van der Waals surface area contributed by atoms with Gasteiger partial charge in [-0.2, -0.15) is 0 Å². The molecular formula is C11H20Cl2O. The summed E-state index contributed by atoms with van der Waals surface area (Å²) in [4.78, 5) is 0. The van der Waals surface area contributed by atoms with Crippen molar-refractivity contribution in [2.45, 2.75) is 51.7 Å². The number of rotatable bonds is 5. The van der Waals surface area contributed by atoms with Gasteiger partial charge in [0.2, 0.25) is 0 Å². The van der Waals surface area contributed by atoms with Crippen molar-refractivity contribution in [1.29, 1.82) is 0 Å². The van der Waals surface area contributed by atoms with Crippen LogP contribution in [0.25, 0.3) is 0 Å². The maximum atomic E-state index is 6.00. The highest BCUT2D eigenvalue weighted by atomic mass is 35.5. The van der Waals surface area contributed by atoms with Crippen molar-refractivity contribution in [2.24, 2.45) is 5.41 Å². The summed E-state index contributed by atoms with van der Waals surface area (Å²) in [6, 6.07) is 0. The van der Waals surface area contributed by atoms with Crippen LogP contribution in [0, 0.1) is 5.41 Å². The third-order valence-electron chi connectivity index (χ3n) is 3.30. The molecule has 0 saturated carbocycles. The third kappa shape index (κ3) is 3.01. The Morgan fingerprint density at radius 1 is 1.29 bits per heavy atom. The summed E-state index contributed by atoms with van der Waals surface area (Å²) in [5, 5.41) is 0. The van der Waals surface area contributed by atoms with Crippen LogP contribution in [-0.2, 0) is 4.74 Å². The lowest BCUT2D eigenvalue weighted by atomic mass is 9.83. The first kappa shape index (κ1) is 12.6. The SMILES string of the molecule is CCC(CCl)(CCl)CC1CCC(C)O1. The fourth-order valence-corrected chi connectivity index (χ4v) is 2.88. The zero-order valence-corrected chi connectivity index (χ0v) is 10.6. The standard InChI is InChI=1S/C11H20Cl2O/c1-3-11(7-12,8-13)6-10-5-4-9(2)14-10/h9-10H,3-8H2,1-2H3. The fourth-order valence-electron chi connectivity index (χ4n) is 2.00. The van der Waals surface area contributed by atoms with Crippen molar-refractivity contribution in [3.05, 3.63) is 0 Å². The van der Waals surface area contributed by atoms with Gasteiger partial charge < -0.3 is 4.74 Å². The Bertz CT molecular complexity index is 160. The molecule has 0 aliphatic carbocycles. The minimum atomic E-state index is 0.0812. The highest BCUT2D eigenvalue weighted by Crippen LogP contribution is 2.36. The average molecular weight is 239 g/mol. The molecule has 1 saturated heterocycles. The Hall–Kier alpha value is 0.540. The molecule has 1 heterocycles. The van der Waals surface area contributed by atoms with E-state index in [0.29, 0.717) is 24.0 Å². The van der Waals surface area contributed by atoms with Gasteiger partial charge in [-0.15, -0.1) is 23.2 Å². The van der Waals surface area contributed by atoms with Crippen molar-refractivity contribution < 1.29 is 4.74 Å². The lowest BCUT2D eigenvalue weighted by Gasteiger charge is -2.30. The van der Waals surface area contributed by atoms with Crippen LogP contribution in [0.1, 0.15) is 39.5 Å². The van der Waals surface area contributed by atoms with Gasteiger partial charge in [0, 0.05) is 11.8 Å². The maximum absolute atomic E-state index is 6.00. The monoisotopic (exact) mass is 238 g/mol. The summed E-state index contributed by atoms with van der Waals surface area (Å²) >= 11 is 12.0. The molecule has 3 heteroatoms. The van der Waals surface area contributed by atoms with Crippen LogP contribution in [-0.4, -0.2) is 24.0 Å². The molecule has 2 atom stereocenters. The van der Waals surface area contributed by atoms with Gasteiger partial charge in [-0.25, -0.2) is 0 Å². The molecule has 0 aromatic carbocycles. The van der Waals surface area contributed by atoms with Crippen LogP contribution in [0.2, 0.25) is 0 Å². The van der Waals surface area contributed by atoms with E-state index in [1.54, 1.807) is 0 Å². The third-order valence-corrected chi connectivity index (χ3v) is 4.43. The quantitative estimate of drug-likeness (QED) is 0.663. The lowest BCUT2D eigenvalue weighted by Crippen LogP contribution is -2.29. The van der Waals surface area contributed by atoms with Gasteiger partial charge in [0.05, 0.1) is 12.2 Å². The van der Waals surface area contributed by atoms with Crippen LogP contribution >= 0.6 is 23.2 Å². The molecule has 1 fully saturated rings. The van der Waals surface area contributed by atoms with E-state index in [-0.39, 0.29) is 5.41 Å². The van der Waals surface area contributed by atoms with Gasteiger partial charge in [0.25, 0.3) is 0 Å². The Balaban J connectivity index is 2.47. The van der Waals surface area contributed by atoms with Crippen LogP contribution in [0.5, 0.6) is 0 Å². The number of halogens is 2. The van der Waals surface area contributed by atoms with E-state index in [1.165, 1.54) is 6.42 Å². The second-order valence-electron chi connectivity index (χ2n) is 4.47. The molecule has 1 aliphatic heterocycles. The molecule has 0 bridgehead atoms. The van der Waals surface area contributed by atoms with Crippen molar-refractivity contribution in [2.75, 3.05) is 11.8 Å². The van der Waals surface area contributed by atoms with E-state index in [9.17, 15) is 0 Å². The van der Waals surface area contributed by atoms with Crippen LogP contribution in [0.15, 0.2) is 0 Å². The van der Waals surface area contributed by atoms with E-state index in [2.05, 4.69) is 13.8 Å². The van der Waals surface area contributed by atoms with E-state index in [0.717, 1.165) is 19.3 Å². The normalized spacial score (nSPS) is 28.3. The molecule has 0 spiro atoms. The van der Waals surface area contributed by atoms with E-state index < -0.39 is 0 Å². The molecule has 0 aromatic heterocycles. The summed E-state index contributed by atoms with van der Waals surface area (Å²) in [5.74, 6) is 1.28. The first-order valence-corrected chi connectivity index (χ1v) is 6.50. The summed E-state index contributed by atoms with van der Waals surface area (Å²) in [6.07, 6.45) is 5.18. The predicted octanol–water partition coefficient (Wildman–Crippen LogP) is 3.82. The molecule has 0 radical (unpaired) electrons. The minimum absolute atomic E-state index is 0.0812. The molecule has 1 nitrogen and oxygen atoms in total. The Morgan fingerprint density at radius 2 is 1.93 bits per heavy atom. The topological polar surface area (TPSA) is 9.23 Å². The van der Waals surface area contributed by atoms with Gasteiger partial charge in [-0.1, -0.05) is 6.92 Å². The zero-order chi connectivity index (χ0) is 10.6. The molecule has 84 valence electrons. The van der Waals surface area contributed by atoms with Crippen LogP contribution in [0.4, 0.5) is 0 Å². The van der Waals surface area contributed by atoms with Crippen molar-refractivity contribution in [1.82, 2.24) is 0 Å².